The molecule has 64 valence electrons. The van der Waals surface area contributed by atoms with Crippen molar-refractivity contribution in [2.45, 2.75) is 18.1 Å². The van der Waals surface area contributed by atoms with E-state index in [-0.39, 0.29) is 11.9 Å². The highest BCUT2D eigenvalue weighted by atomic mass is 32.2. The van der Waals surface area contributed by atoms with E-state index in [4.69, 9.17) is 10.2 Å². The average Bonchev–Trinajstić information content (AvgIpc) is 2.71. The Bertz CT molecular complexity index is 145. The van der Waals surface area contributed by atoms with Gasteiger partial charge in [-0.2, -0.15) is 0 Å². The van der Waals surface area contributed by atoms with Gasteiger partial charge in [0.15, 0.2) is 0 Å². The summed E-state index contributed by atoms with van der Waals surface area (Å²) in [6.07, 6.45) is 2.07. The second-order valence-corrected chi connectivity index (χ2v) is 3.94. The van der Waals surface area contributed by atoms with Crippen LogP contribution in [0.2, 0.25) is 0 Å². The van der Waals surface area contributed by atoms with Crippen LogP contribution < -0.4 is 0 Å². The van der Waals surface area contributed by atoms with E-state index >= 15 is 0 Å². The van der Waals surface area contributed by atoms with Gasteiger partial charge in [-0.1, -0.05) is 0 Å². The van der Waals surface area contributed by atoms with E-state index in [1.165, 1.54) is 11.8 Å². The second kappa shape index (κ2) is 3.97. The van der Waals surface area contributed by atoms with E-state index < -0.39 is 5.97 Å². The van der Waals surface area contributed by atoms with Gasteiger partial charge in [-0.25, -0.2) is 0 Å². The van der Waals surface area contributed by atoms with Crippen LogP contribution in [-0.4, -0.2) is 33.8 Å². The Kier molecular flexibility index (Phi) is 3.20. The Balaban J connectivity index is 2.26. The summed E-state index contributed by atoms with van der Waals surface area (Å²) in [4.78, 5) is 10.6. The van der Waals surface area contributed by atoms with Gasteiger partial charge >= 0.3 is 5.97 Å². The highest BCUT2D eigenvalue weighted by Gasteiger charge is 2.36. The Hall–Kier alpha value is -0.220. The molecule has 0 radical (unpaired) electrons. The molecule has 0 heterocycles. The molecule has 0 aliphatic heterocycles. The number of hydrogen-bond acceptors (Lipinski definition) is 3. The fourth-order valence-corrected chi connectivity index (χ4v) is 2.03. The molecule has 4 heteroatoms. The third kappa shape index (κ3) is 2.71. The van der Waals surface area contributed by atoms with Crippen molar-refractivity contribution in [2.75, 3.05) is 12.4 Å². The summed E-state index contributed by atoms with van der Waals surface area (Å²) >= 11 is 1.35. The topological polar surface area (TPSA) is 57.5 Å². The summed E-state index contributed by atoms with van der Waals surface area (Å²) in [5.74, 6) is 0.169. The summed E-state index contributed by atoms with van der Waals surface area (Å²) in [5, 5.41) is 16.9. The minimum atomic E-state index is -0.731. The van der Waals surface area contributed by atoms with Crippen LogP contribution >= 0.6 is 11.8 Å². The monoisotopic (exact) mass is 176 g/mol. The predicted molar refractivity (Wildman–Crippen MR) is 43.7 cm³/mol. The average molecular weight is 176 g/mol. The Morgan fingerprint density at radius 2 is 2.27 bits per heavy atom. The van der Waals surface area contributed by atoms with Crippen LogP contribution in [0.1, 0.15) is 12.8 Å². The summed E-state index contributed by atoms with van der Waals surface area (Å²) in [6.45, 7) is 0.0706. The second-order valence-electron chi connectivity index (χ2n) is 2.69. The first-order valence-electron chi connectivity index (χ1n) is 3.71. The first-order valence-corrected chi connectivity index (χ1v) is 4.76. The van der Waals surface area contributed by atoms with Gasteiger partial charge in [0.25, 0.3) is 0 Å². The van der Waals surface area contributed by atoms with Crippen molar-refractivity contribution in [3.05, 3.63) is 0 Å². The van der Waals surface area contributed by atoms with Gasteiger partial charge in [-0.05, 0) is 18.8 Å². The lowest BCUT2D eigenvalue weighted by atomic mass is 10.3. The molecule has 0 aromatic heterocycles. The maximum atomic E-state index is 10.6. The number of carboxylic acid groups (broad SMARTS) is 1. The van der Waals surface area contributed by atoms with Crippen LogP contribution in [0.3, 0.4) is 0 Å². The van der Waals surface area contributed by atoms with Crippen molar-refractivity contribution in [1.82, 2.24) is 0 Å². The molecular formula is C7H12O3S. The molecule has 11 heavy (non-hydrogen) atoms. The largest absolute Gasteiger partial charge is 0.480 e. The molecule has 0 spiro atoms. The molecule has 0 saturated heterocycles. The zero-order valence-corrected chi connectivity index (χ0v) is 7.01. The first-order chi connectivity index (χ1) is 5.25. The molecule has 1 saturated carbocycles. The number of rotatable bonds is 5. The summed E-state index contributed by atoms with van der Waals surface area (Å²) in [6, 6.07) is 0. The van der Waals surface area contributed by atoms with Gasteiger partial charge in [0.2, 0.25) is 0 Å². The molecule has 1 fully saturated rings. The normalized spacial score (nSPS) is 19.7. The molecule has 1 atom stereocenters. The van der Waals surface area contributed by atoms with Crippen molar-refractivity contribution in [3.8, 4) is 0 Å². The molecule has 2 N–H and O–H groups in total. The fourth-order valence-electron chi connectivity index (χ4n) is 0.988. The number of aliphatic hydroxyl groups is 1. The summed E-state index contributed by atoms with van der Waals surface area (Å²) < 4.78 is 0. The number of hydrogen-bond donors (Lipinski definition) is 2. The van der Waals surface area contributed by atoms with Crippen LogP contribution in [-0.2, 0) is 4.79 Å². The van der Waals surface area contributed by atoms with Crippen molar-refractivity contribution in [3.63, 3.8) is 0 Å². The zero-order valence-electron chi connectivity index (χ0n) is 6.19. The molecule has 1 aliphatic rings. The molecule has 0 bridgehead atoms. The number of carbonyl (C=O) groups is 1. The highest BCUT2D eigenvalue weighted by molar-refractivity contribution is 8.00. The van der Waals surface area contributed by atoms with Gasteiger partial charge in [-0.15, -0.1) is 11.8 Å². The van der Waals surface area contributed by atoms with E-state index in [1.54, 1.807) is 0 Å². The number of thioether (sulfide) groups is 1. The fraction of sp³-hybridized carbons (Fsp3) is 0.857. The quantitative estimate of drug-likeness (QED) is 0.643. The van der Waals surface area contributed by atoms with Gasteiger partial charge in [0.05, 0.1) is 6.61 Å². The van der Waals surface area contributed by atoms with Gasteiger partial charge in [-0.3, -0.25) is 4.79 Å². The van der Waals surface area contributed by atoms with Gasteiger partial charge in [0, 0.05) is 5.75 Å². The molecule has 0 amide bonds. The van der Waals surface area contributed by atoms with Crippen LogP contribution in [0, 0.1) is 5.92 Å². The van der Waals surface area contributed by atoms with Crippen LogP contribution in [0.5, 0.6) is 0 Å². The smallest absolute Gasteiger partial charge is 0.316 e. The SMILES string of the molecule is O=C(O)C(SCCO)C1CC1. The molecule has 0 aromatic rings. The Labute approximate surface area is 69.8 Å². The van der Waals surface area contributed by atoms with Crippen molar-refractivity contribution in [2.24, 2.45) is 5.92 Å². The molecule has 1 aliphatic carbocycles. The van der Waals surface area contributed by atoms with Crippen LogP contribution in [0.25, 0.3) is 0 Å². The van der Waals surface area contributed by atoms with Crippen LogP contribution in [0.4, 0.5) is 0 Å². The predicted octanol–water partition coefficient (Wildman–Crippen LogP) is 0.575. The lowest BCUT2D eigenvalue weighted by Crippen LogP contribution is -2.19. The number of aliphatic hydroxyl groups excluding tert-OH is 1. The third-order valence-corrected chi connectivity index (χ3v) is 3.05. The van der Waals surface area contributed by atoms with E-state index in [1.807, 2.05) is 0 Å². The van der Waals surface area contributed by atoms with E-state index in [9.17, 15) is 4.79 Å². The van der Waals surface area contributed by atoms with E-state index in [0.29, 0.717) is 11.7 Å². The summed E-state index contributed by atoms with van der Waals surface area (Å²) in [5.41, 5.74) is 0. The third-order valence-electron chi connectivity index (χ3n) is 1.68. The van der Waals surface area contributed by atoms with Gasteiger partial charge < -0.3 is 10.2 Å². The Morgan fingerprint density at radius 1 is 1.64 bits per heavy atom. The lowest BCUT2D eigenvalue weighted by Gasteiger charge is -2.08. The number of carboxylic acids is 1. The zero-order chi connectivity index (χ0) is 8.27. The first kappa shape index (κ1) is 8.87. The molecule has 1 rings (SSSR count). The molecule has 0 aromatic carbocycles. The maximum absolute atomic E-state index is 10.6. The minimum absolute atomic E-state index is 0.0706. The van der Waals surface area contributed by atoms with Gasteiger partial charge in [0.1, 0.15) is 5.25 Å². The number of aliphatic carboxylic acids is 1. The van der Waals surface area contributed by atoms with Crippen molar-refractivity contribution < 1.29 is 15.0 Å². The van der Waals surface area contributed by atoms with E-state index in [0.717, 1.165) is 12.8 Å². The lowest BCUT2D eigenvalue weighted by molar-refractivity contribution is -0.136. The Morgan fingerprint density at radius 3 is 2.64 bits per heavy atom. The minimum Gasteiger partial charge on any atom is -0.480 e. The highest BCUT2D eigenvalue weighted by Crippen LogP contribution is 2.38. The van der Waals surface area contributed by atoms with E-state index in [2.05, 4.69) is 0 Å². The molecular weight excluding hydrogens is 164 g/mol. The van der Waals surface area contributed by atoms with Crippen molar-refractivity contribution >= 4 is 17.7 Å². The van der Waals surface area contributed by atoms with Crippen molar-refractivity contribution in [1.29, 1.82) is 0 Å². The van der Waals surface area contributed by atoms with Crippen LogP contribution in [0.15, 0.2) is 0 Å². The maximum Gasteiger partial charge on any atom is 0.316 e. The molecule has 3 nitrogen and oxygen atoms in total. The molecule has 1 unspecified atom stereocenters. The standard InChI is InChI=1S/C7H12O3S/c8-3-4-11-6(7(9)10)5-1-2-5/h5-6,8H,1-4H2,(H,9,10). The summed E-state index contributed by atoms with van der Waals surface area (Å²) in [7, 11) is 0.